The van der Waals surface area contributed by atoms with E-state index in [4.69, 9.17) is 5.11 Å². The molecule has 2 N–H and O–H groups in total. The molecule has 0 saturated carbocycles. The molecular weight excluding hydrogens is 258 g/mol. The van der Waals surface area contributed by atoms with Crippen LogP contribution in [0.1, 0.15) is 24.2 Å². The number of ketones is 1. The van der Waals surface area contributed by atoms with E-state index in [1.807, 2.05) is 6.07 Å². The lowest BCUT2D eigenvalue weighted by Gasteiger charge is -2.24. The molecule has 0 aliphatic carbocycles. The highest BCUT2D eigenvalue weighted by Crippen LogP contribution is 2.06. The molecule has 1 rings (SSSR count). The summed E-state index contributed by atoms with van der Waals surface area (Å²) in [4.78, 5) is 24.7. The number of carboxylic acid groups (broad SMARTS) is 1. The lowest BCUT2D eigenvalue weighted by Crippen LogP contribution is -2.39. The average Bonchev–Trinajstić information content (AvgIpc) is 2.38. The van der Waals surface area contributed by atoms with Crippen molar-refractivity contribution in [1.29, 1.82) is 0 Å². The van der Waals surface area contributed by atoms with E-state index in [0.29, 0.717) is 5.56 Å². The van der Waals surface area contributed by atoms with Gasteiger partial charge in [0.15, 0.2) is 5.78 Å². The maximum absolute atomic E-state index is 12.1. The Labute approximate surface area is 118 Å². The van der Waals surface area contributed by atoms with Crippen LogP contribution in [0.3, 0.4) is 0 Å². The van der Waals surface area contributed by atoms with Crippen molar-refractivity contribution in [1.82, 2.24) is 4.90 Å². The van der Waals surface area contributed by atoms with E-state index >= 15 is 0 Å². The van der Waals surface area contributed by atoms with Crippen LogP contribution in [0, 0.1) is 5.92 Å². The predicted octanol–water partition coefficient (Wildman–Crippen LogP) is 1.27. The molecule has 5 heteroatoms. The molecule has 1 aromatic carbocycles. The van der Waals surface area contributed by atoms with Crippen LogP contribution in [-0.2, 0) is 4.79 Å². The van der Waals surface area contributed by atoms with Crippen molar-refractivity contribution in [3.63, 3.8) is 0 Å². The number of aliphatic hydroxyl groups excluding tert-OH is 1. The SMILES string of the molecule is CC(O)CN(CC(=O)c1ccccc1)CC(C)C(=O)O. The number of rotatable bonds is 8. The fourth-order valence-corrected chi connectivity index (χ4v) is 1.96. The first-order valence-electron chi connectivity index (χ1n) is 6.61. The van der Waals surface area contributed by atoms with Crippen LogP contribution in [0.15, 0.2) is 30.3 Å². The molecule has 2 atom stereocenters. The van der Waals surface area contributed by atoms with Crippen molar-refractivity contribution >= 4 is 11.8 Å². The van der Waals surface area contributed by atoms with Gasteiger partial charge in [-0.2, -0.15) is 0 Å². The average molecular weight is 279 g/mol. The van der Waals surface area contributed by atoms with Gasteiger partial charge in [-0.15, -0.1) is 0 Å². The zero-order valence-corrected chi connectivity index (χ0v) is 11.8. The van der Waals surface area contributed by atoms with Crippen molar-refractivity contribution in [2.75, 3.05) is 19.6 Å². The molecule has 5 nitrogen and oxygen atoms in total. The first-order valence-corrected chi connectivity index (χ1v) is 6.61. The molecule has 20 heavy (non-hydrogen) atoms. The van der Waals surface area contributed by atoms with Gasteiger partial charge in [-0.05, 0) is 6.92 Å². The Morgan fingerprint density at radius 1 is 1.15 bits per heavy atom. The molecule has 2 unspecified atom stereocenters. The van der Waals surface area contributed by atoms with Crippen LogP contribution in [0.2, 0.25) is 0 Å². The van der Waals surface area contributed by atoms with E-state index < -0.39 is 18.0 Å². The van der Waals surface area contributed by atoms with Gasteiger partial charge < -0.3 is 10.2 Å². The zero-order valence-electron chi connectivity index (χ0n) is 11.8. The van der Waals surface area contributed by atoms with Gasteiger partial charge >= 0.3 is 5.97 Å². The third-order valence-corrected chi connectivity index (χ3v) is 2.94. The topological polar surface area (TPSA) is 77.8 Å². The number of aliphatic hydroxyl groups is 1. The molecular formula is C15H21NO4. The summed E-state index contributed by atoms with van der Waals surface area (Å²) in [5, 5.41) is 18.4. The molecule has 0 amide bonds. The van der Waals surface area contributed by atoms with Crippen LogP contribution in [0.25, 0.3) is 0 Å². The summed E-state index contributed by atoms with van der Waals surface area (Å²) in [6, 6.07) is 8.85. The van der Waals surface area contributed by atoms with Crippen molar-refractivity contribution < 1.29 is 19.8 Å². The zero-order chi connectivity index (χ0) is 15.1. The molecule has 1 aromatic rings. The second-order valence-corrected chi connectivity index (χ2v) is 5.07. The number of hydrogen-bond acceptors (Lipinski definition) is 4. The number of carboxylic acids is 1. The fraction of sp³-hybridized carbons (Fsp3) is 0.467. The van der Waals surface area contributed by atoms with Crippen LogP contribution in [0.4, 0.5) is 0 Å². The Morgan fingerprint density at radius 3 is 2.25 bits per heavy atom. The Balaban J connectivity index is 2.69. The van der Waals surface area contributed by atoms with Gasteiger partial charge in [0.2, 0.25) is 0 Å². The van der Waals surface area contributed by atoms with Crippen molar-refractivity contribution in [3.8, 4) is 0 Å². The Morgan fingerprint density at radius 2 is 1.75 bits per heavy atom. The fourth-order valence-electron chi connectivity index (χ4n) is 1.96. The maximum atomic E-state index is 12.1. The van der Waals surface area contributed by atoms with E-state index in [-0.39, 0.29) is 25.4 Å². The van der Waals surface area contributed by atoms with Gasteiger partial charge in [0, 0.05) is 18.7 Å². The summed E-state index contributed by atoms with van der Waals surface area (Å²) in [5.41, 5.74) is 0.589. The highest BCUT2D eigenvalue weighted by Gasteiger charge is 2.20. The summed E-state index contributed by atoms with van der Waals surface area (Å²) in [5.74, 6) is -1.58. The van der Waals surface area contributed by atoms with Crippen LogP contribution >= 0.6 is 0 Å². The van der Waals surface area contributed by atoms with Crippen molar-refractivity contribution in [2.24, 2.45) is 5.92 Å². The van der Waals surface area contributed by atoms with Gasteiger partial charge in [0.25, 0.3) is 0 Å². The molecule has 0 radical (unpaired) electrons. The molecule has 0 aromatic heterocycles. The highest BCUT2D eigenvalue weighted by molar-refractivity contribution is 5.97. The minimum Gasteiger partial charge on any atom is -0.481 e. The van der Waals surface area contributed by atoms with Crippen LogP contribution in [0.5, 0.6) is 0 Å². The summed E-state index contributed by atoms with van der Waals surface area (Å²) in [6.07, 6.45) is -0.612. The summed E-state index contributed by atoms with van der Waals surface area (Å²) < 4.78 is 0. The molecule has 0 aliphatic rings. The first kappa shape index (κ1) is 16.3. The quantitative estimate of drug-likeness (QED) is 0.701. The Hall–Kier alpha value is -1.72. The third-order valence-electron chi connectivity index (χ3n) is 2.94. The van der Waals surface area contributed by atoms with Gasteiger partial charge in [-0.25, -0.2) is 0 Å². The molecule has 0 heterocycles. The van der Waals surface area contributed by atoms with Gasteiger partial charge in [-0.1, -0.05) is 37.3 Å². The third kappa shape index (κ3) is 5.50. The Bertz CT molecular complexity index is 444. The number of aliphatic carboxylic acids is 1. The van der Waals surface area contributed by atoms with E-state index in [0.717, 1.165) is 0 Å². The van der Waals surface area contributed by atoms with E-state index in [1.54, 1.807) is 43.0 Å². The van der Waals surface area contributed by atoms with Gasteiger partial charge in [-0.3, -0.25) is 14.5 Å². The summed E-state index contributed by atoms with van der Waals surface area (Å²) in [6.45, 7) is 3.82. The molecule has 110 valence electrons. The standard InChI is InChI=1S/C15H21NO4/c1-11(15(19)20)8-16(9-12(2)17)10-14(18)13-6-4-3-5-7-13/h3-7,11-12,17H,8-10H2,1-2H3,(H,19,20). The van der Waals surface area contributed by atoms with E-state index in [1.165, 1.54) is 0 Å². The minimum absolute atomic E-state index is 0.0798. The minimum atomic E-state index is -0.909. The Kier molecular flexibility index (Phi) is 6.35. The number of carbonyl (C=O) groups is 2. The largest absolute Gasteiger partial charge is 0.481 e. The predicted molar refractivity (Wildman–Crippen MR) is 75.7 cm³/mol. The smallest absolute Gasteiger partial charge is 0.307 e. The van der Waals surface area contributed by atoms with Crippen LogP contribution < -0.4 is 0 Å². The summed E-state index contributed by atoms with van der Waals surface area (Å²) in [7, 11) is 0. The lowest BCUT2D eigenvalue weighted by molar-refractivity contribution is -0.141. The number of hydrogen-bond donors (Lipinski definition) is 2. The lowest BCUT2D eigenvalue weighted by atomic mass is 10.1. The monoisotopic (exact) mass is 279 g/mol. The second-order valence-electron chi connectivity index (χ2n) is 5.07. The molecule has 0 fully saturated rings. The second kappa shape index (κ2) is 7.77. The number of nitrogens with zero attached hydrogens (tertiary/aromatic N) is 1. The normalized spacial score (nSPS) is 14.0. The number of Topliss-reactive ketones (excluding diaryl/α,β-unsaturated/α-hetero) is 1. The number of benzene rings is 1. The van der Waals surface area contributed by atoms with Crippen LogP contribution in [-0.4, -0.2) is 52.6 Å². The van der Waals surface area contributed by atoms with Gasteiger partial charge in [0.05, 0.1) is 18.6 Å². The first-order chi connectivity index (χ1) is 9.40. The van der Waals surface area contributed by atoms with Gasteiger partial charge in [0.1, 0.15) is 0 Å². The maximum Gasteiger partial charge on any atom is 0.307 e. The molecule has 0 bridgehead atoms. The summed E-state index contributed by atoms with van der Waals surface area (Å²) >= 11 is 0. The number of carbonyl (C=O) groups excluding carboxylic acids is 1. The highest BCUT2D eigenvalue weighted by atomic mass is 16.4. The van der Waals surface area contributed by atoms with Crippen molar-refractivity contribution in [2.45, 2.75) is 20.0 Å². The van der Waals surface area contributed by atoms with E-state index in [2.05, 4.69) is 0 Å². The van der Waals surface area contributed by atoms with Crippen molar-refractivity contribution in [3.05, 3.63) is 35.9 Å². The molecule has 0 spiro atoms. The molecule has 0 saturated heterocycles. The van der Waals surface area contributed by atoms with E-state index in [9.17, 15) is 14.7 Å². The molecule has 0 aliphatic heterocycles.